The van der Waals surface area contributed by atoms with Crippen LogP contribution in [0.1, 0.15) is 49.9 Å². The van der Waals surface area contributed by atoms with Gasteiger partial charge in [-0.1, -0.05) is 210 Å². The SMILES string of the molecule is CC1(C)c2cc(N(c3ccccc3)c3ccccc3-c3ccccc3)c3c(oc4ccccc43)c2-c2ccc3c(c21)C(C)(C)c1cc(N(c2ccccc2)c2ccccc2-c2ccccc2)c2c(oc4ccccc42)c1-3. The Balaban J connectivity index is 0.997. The lowest BCUT2D eigenvalue weighted by molar-refractivity contribution is 0.600. The second-order valence-corrected chi connectivity index (χ2v) is 21.5. The van der Waals surface area contributed by atoms with Gasteiger partial charge in [-0.15, -0.1) is 0 Å². The first-order valence-corrected chi connectivity index (χ1v) is 26.4. The molecule has 0 atom stereocenters. The molecule has 15 rings (SSSR count). The van der Waals surface area contributed by atoms with E-state index in [0.29, 0.717) is 0 Å². The summed E-state index contributed by atoms with van der Waals surface area (Å²) in [6.45, 7) is 9.72. The van der Waals surface area contributed by atoms with Gasteiger partial charge in [-0.3, -0.25) is 0 Å². The van der Waals surface area contributed by atoms with Crippen LogP contribution in [0.3, 0.4) is 0 Å². The Morgan fingerprint density at radius 1 is 0.316 bits per heavy atom. The van der Waals surface area contributed by atoms with Crippen molar-refractivity contribution >= 4 is 78.0 Å². The van der Waals surface area contributed by atoms with Crippen molar-refractivity contribution in [3.63, 3.8) is 0 Å². The molecule has 2 aliphatic carbocycles. The molecule has 0 N–H and O–H groups in total. The summed E-state index contributed by atoms with van der Waals surface area (Å²) in [4.78, 5) is 4.93. The minimum atomic E-state index is -0.459. The van der Waals surface area contributed by atoms with Crippen LogP contribution in [0.5, 0.6) is 0 Å². The van der Waals surface area contributed by atoms with Crippen molar-refractivity contribution in [2.24, 2.45) is 0 Å². The molecule has 0 unspecified atom stereocenters. The molecule has 0 bridgehead atoms. The van der Waals surface area contributed by atoms with Crippen molar-refractivity contribution in [2.45, 2.75) is 38.5 Å². The Morgan fingerprint density at radius 3 is 1.07 bits per heavy atom. The van der Waals surface area contributed by atoms with Crippen molar-refractivity contribution < 1.29 is 8.83 Å². The number of fused-ring (bicyclic) bond motifs is 15. The number of hydrogen-bond acceptors (Lipinski definition) is 4. The first kappa shape index (κ1) is 44.1. The van der Waals surface area contributed by atoms with E-state index in [9.17, 15) is 0 Å². The molecular formula is C72H52N2O2. The number of hydrogen-bond donors (Lipinski definition) is 0. The fourth-order valence-electron chi connectivity index (χ4n) is 13.2. The van der Waals surface area contributed by atoms with Gasteiger partial charge in [0, 0.05) is 55.2 Å². The molecule has 0 radical (unpaired) electrons. The lowest BCUT2D eigenvalue weighted by Gasteiger charge is -2.33. The second-order valence-electron chi connectivity index (χ2n) is 21.5. The van der Waals surface area contributed by atoms with E-state index in [1.807, 2.05) is 0 Å². The summed E-state index contributed by atoms with van der Waals surface area (Å²) in [5, 5.41) is 4.37. The molecule has 0 aliphatic heterocycles. The van der Waals surface area contributed by atoms with Gasteiger partial charge in [0.05, 0.1) is 33.5 Å². The van der Waals surface area contributed by atoms with E-state index in [1.165, 1.54) is 33.4 Å². The van der Waals surface area contributed by atoms with Gasteiger partial charge in [0.25, 0.3) is 0 Å². The monoisotopic (exact) mass is 976 g/mol. The van der Waals surface area contributed by atoms with Crippen LogP contribution in [0.15, 0.2) is 251 Å². The molecule has 76 heavy (non-hydrogen) atoms. The van der Waals surface area contributed by atoms with Gasteiger partial charge in [-0.05, 0) is 105 Å². The van der Waals surface area contributed by atoms with Gasteiger partial charge in [0.15, 0.2) is 0 Å². The molecule has 11 aromatic carbocycles. The van der Waals surface area contributed by atoms with Gasteiger partial charge in [-0.2, -0.15) is 0 Å². The lowest BCUT2D eigenvalue weighted by Crippen LogP contribution is -2.24. The summed E-state index contributed by atoms with van der Waals surface area (Å²) in [7, 11) is 0. The summed E-state index contributed by atoms with van der Waals surface area (Å²) >= 11 is 0. The van der Waals surface area contributed by atoms with Crippen LogP contribution in [-0.2, 0) is 10.8 Å². The topological polar surface area (TPSA) is 32.8 Å². The average molecular weight is 977 g/mol. The summed E-state index contributed by atoms with van der Waals surface area (Å²) in [5.41, 5.74) is 23.7. The van der Waals surface area contributed by atoms with E-state index in [1.54, 1.807) is 0 Å². The Hall–Kier alpha value is -9.38. The highest BCUT2D eigenvalue weighted by Gasteiger charge is 2.49. The average Bonchev–Trinajstić information content (AvgIpc) is 4.36. The summed E-state index contributed by atoms with van der Waals surface area (Å²) in [5.74, 6) is 0. The summed E-state index contributed by atoms with van der Waals surface area (Å²) < 4.78 is 14.5. The minimum Gasteiger partial charge on any atom is -0.455 e. The normalized spacial score (nSPS) is 13.7. The molecule has 362 valence electrons. The predicted molar refractivity (Wildman–Crippen MR) is 316 cm³/mol. The van der Waals surface area contributed by atoms with E-state index in [4.69, 9.17) is 8.83 Å². The van der Waals surface area contributed by atoms with E-state index in [0.717, 1.165) is 111 Å². The van der Waals surface area contributed by atoms with Gasteiger partial charge < -0.3 is 18.6 Å². The van der Waals surface area contributed by atoms with Crippen LogP contribution in [-0.4, -0.2) is 0 Å². The second kappa shape index (κ2) is 16.6. The highest BCUT2D eigenvalue weighted by molar-refractivity contribution is 6.22. The van der Waals surface area contributed by atoms with Crippen molar-refractivity contribution in [3.8, 4) is 44.5 Å². The van der Waals surface area contributed by atoms with E-state index < -0.39 is 10.8 Å². The van der Waals surface area contributed by atoms with Crippen molar-refractivity contribution in [3.05, 3.63) is 265 Å². The number of anilines is 6. The van der Waals surface area contributed by atoms with Crippen LogP contribution >= 0.6 is 0 Å². The maximum Gasteiger partial charge on any atom is 0.145 e. The molecule has 2 heterocycles. The molecule has 2 aliphatic rings. The number of rotatable bonds is 8. The molecule has 2 aromatic heterocycles. The Morgan fingerprint density at radius 2 is 0.658 bits per heavy atom. The quantitative estimate of drug-likeness (QED) is 0.152. The first-order valence-electron chi connectivity index (χ1n) is 26.4. The predicted octanol–water partition coefficient (Wildman–Crippen LogP) is 20.4. The third-order valence-electron chi connectivity index (χ3n) is 16.6. The zero-order valence-corrected chi connectivity index (χ0v) is 42.8. The largest absolute Gasteiger partial charge is 0.455 e. The summed E-state index contributed by atoms with van der Waals surface area (Å²) in [6, 6.07) is 87.6. The summed E-state index contributed by atoms with van der Waals surface area (Å²) in [6.07, 6.45) is 0. The van der Waals surface area contributed by atoms with Crippen molar-refractivity contribution in [2.75, 3.05) is 9.80 Å². The highest BCUT2D eigenvalue weighted by Crippen LogP contribution is 2.64. The van der Waals surface area contributed by atoms with Gasteiger partial charge in [0.1, 0.15) is 22.3 Å². The Labute approximate surface area is 442 Å². The van der Waals surface area contributed by atoms with Crippen LogP contribution < -0.4 is 9.80 Å². The molecular weight excluding hydrogens is 925 g/mol. The highest BCUT2D eigenvalue weighted by atomic mass is 16.3. The molecule has 13 aromatic rings. The molecule has 0 amide bonds. The van der Waals surface area contributed by atoms with Gasteiger partial charge >= 0.3 is 0 Å². The number of para-hydroxylation sites is 6. The fraction of sp³-hybridized carbons (Fsp3) is 0.0833. The maximum absolute atomic E-state index is 7.27. The Kier molecular flexibility index (Phi) is 9.62. The van der Waals surface area contributed by atoms with Crippen LogP contribution in [0.25, 0.3) is 88.4 Å². The molecule has 0 spiro atoms. The zero-order valence-electron chi connectivity index (χ0n) is 42.8. The van der Waals surface area contributed by atoms with E-state index in [-0.39, 0.29) is 0 Å². The van der Waals surface area contributed by atoms with Gasteiger partial charge in [0.2, 0.25) is 0 Å². The number of benzene rings is 11. The van der Waals surface area contributed by atoms with E-state index in [2.05, 4.69) is 280 Å². The van der Waals surface area contributed by atoms with Crippen LogP contribution in [0, 0.1) is 0 Å². The number of nitrogens with zero attached hydrogens (tertiary/aromatic N) is 2. The Bertz CT molecular complexity index is 4170. The first-order chi connectivity index (χ1) is 37.3. The minimum absolute atomic E-state index is 0.459. The van der Waals surface area contributed by atoms with Gasteiger partial charge in [-0.25, -0.2) is 0 Å². The molecule has 0 saturated heterocycles. The third kappa shape index (κ3) is 6.31. The molecule has 0 saturated carbocycles. The fourth-order valence-corrected chi connectivity index (χ4v) is 13.2. The smallest absolute Gasteiger partial charge is 0.145 e. The third-order valence-corrected chi connectivity index (χ3v) is 16.6. The molecule has 4 nitrogen and oxygen atoms in total. The van der Waals surface area contributed by atoms with Crippen LogP contribution in [0.4, 0.5) is 34.1 Å². The maximum atomic E-state index is 7.27. The van der Waals surface area contributed by atoms with Crippen molar-refractivity contribution in [1.82, 2.24) is 0 Å². The zero-order chi connectivity index (χ0) is 50.9. The molecule has 0 fully saturated rings. The standard InChI is InChI=1S/C72H52N2O2/c1-71(2)55-43-59(73(47-29-13-7-14-30-47)57-37-21-17-33-49(57)45-25-9-5-10-26-45)65-51-35-19-23-39-61(51)75-69(65)63(55)53-41-42-54-64-56(72(3,4)68(54)67(53)71)44-60(66-52-36-20-24-40-62(52)76-70(64)66)74(48-31-15-8-16-32-48)58-38-22-18-34-50(58)46-27-11-6-12-28-46/h5-44H,1-4H3. The molecule has 4 heteroatoms. The van der Waals surface area contributed by atoms with Crippen molar-refractivity contribution in [1.29, 1.82) is 0 Å². The van der Waals surface area contributed by atoms with Crippen LogP contribution in [0.2, 0.25) is 0 Å². The lowest BCUT2D eigenvalue weighted by atomic mass is 9.72. The van der Waals surface area contributed by atoms with E-state index >= 15 is 0 Å². The number of furan rings is 2.